The zero-order valence-corrected chi connectivity index (χ0v) is 32.3. The molecule has 16 heteroatoms. The van der Waals surface area contributed by atoms with Gasteiger partial charge in [0.1, 0.15) is 24.7 Å². The SMILES string of the molecule is C=CC(=O)N(C)C(C)C(=O)OC.C=CC(=O)N(C)C(C)C(=O)OC(C)C.C=CC(=O)N(C)C(C)C(=O)OCC.C=CC(=O)N(C)CC(=O)OCC. The van der Waals surface area contributed by atoms with Crippen LogP contribution in [0.2, 0.25) is 0 Å². The molecule has 4 amide bonds. The van der Waals surface area contributed by atoms with Crippen molar-refractivity contribution in [1.29, 1.82) is 0 Å². The fourth-order valence-electron chi connectivity index (χ4n) is 2.88. The van der Waals surface area contributed by atoms with Gasteiger partial charge in [-0.15, -0.1) is 0 Å². The molecule has 0 radical (unpaired) electrons. The first kappa shape index (κ1) is 52.5. The van der Waals surface area contributed by atoms with Crippen LogP contribution in [0.5, 0.6) is 0 Å². The number of rotatable bonds is 15. The Morgan fingerprint density at radius 1 is 0.549 bits per heavy atom. The van der Waals surface area contributed by atoms with Crippen molar-refractivity contribution in [2.45, 2.75) is 72.7 Å². The lowest BCUT2D eigenvalue weighted by Crippen LogP contribution is -2.41. The highest BCUT2D eigenvalue weighted by Crippen LogP contribution is 2.02. The molecule has 0 bridgehead atoms. The Hall–Kier alpha value is -5.28. The average Bonchev–Trinajstić information content (AvgIpc) is 3.11. The molecule has 0 aliphatic rings. The molecule has 0 aliphatic heterocycles. The number of carbonyl (C=O) groups excluding carboxylic acids is 8. The van der Waals surface area contributed by atoms with E-state index < -0.39 is 42.0 Å². The Morgan fingerprint density at radius 3 is 1.18 bits per heavy atom. The number of likely N-dealkylation sites (N-methyl/N-ethyl adjacent to an activating group) is 4. The van der Waals surface area contributed by atoms with Gasteiger partial charge in [-0.2, -0.15) is 0 Å². The second-order valence-electron chi connectivity index (χ2n) is 10.5. The summed E-state index contributed by atoms with van der Waals surface area (Å²) in [5.74, 6) is -2.82. The number of amides is 4. The fourth-order valence-corrected chi connectivity index (χ4v) is 2.88. The lowest BCUT2D eigenvalue weighted by atomic mass is 10.3. The van der Waals surface area contributed by atoms with Crippen LogP contribution in [-0.2, 0) is 57.3 Å². The Bertz CT molecular complexity index is 1200. The van der Waals surface area contributed by atoms with Gasteiger partial charge in [-0.1, -0.05) is 26.3 Å². The highest BCUT2D eigenvalue weighted by atomic mass is 16.5. The van der Waals surface area contributed by atoms with E-state index in [0.29, 0.717) is 13.2 Å². The zero-order chi connectivity index (χ0) is 41.0. The molecule has 51 heavy (non-hydrogen) atoms. The summed E-state index contributed by atoms with van der Waals surface area (Å²) >= 11 is 0. The van der Waals surface area contributed by atoms with Crippen molar-refractivity contribution >= 4 is 47.5 Å². The smallest absolute Gasteiger partial charge is 0.328 e. The quantitative estimate of drug-likeness (QED) is 0.136. The van der Waals surface area contributed by atoms with Gasteiger partial charge in [0.2, 0.25) is 23.6 Å². The van der Waals surface area contributed by atoms with Crippen LogP contribution in [0.15, 0.2) is 50.6 Å². The molecule has 0 aromatic rings. The van der Waals surface area contributed by atoms with Crippen LogP contribution in [0.4, 0.5) is 0 Å². The van der Waals surface area contributed by atoms with Gasteiger partial charge in [0.15, 0.2) is 0 Å². The number of hydrogen-bond donors (Lipinski definition) is 0. The number of nitrogens with zero attached hydrogens (tertiary/aromatic N) is 4. The number of carbonyl (C=O) groups is 8. The molecule has 0 saturated carbocycles. The predicted molar refractivity (Wildman–Crippen MR) is 192 cm³/mol. The third-order valence-corrected chi connectivity index (χ3v) is 6.39. The second kappa shape index (κ2) is 29.6. The highest BCUT2D eigenvalue weighted by Gasteiger charge is 2.23. The van der Waals surface area contributed by atoms with Crippen LogP contribution >= 0.6 is 0 Å². The summed E-state index contributed by atoms with van der Waals surface area (Å²) in [4.78, 5) is 93.4. The Kier molecular flexibility index (Phi) is 30.5. The summed E-state index contributed by atoms with van der Waals surface area (Å²) in [5, 5.41) is 0. The Morgan fingerprint density at radius 2 is 0.882 bits per heavy atom. The number of esters is 4. The van der Waals surface area contributed by atoms with E-state index in [-0.39, 0.29) is 36.3 Å². The number of ether oxygens (including phenoxy) is 4. The topological polar surface area (TPSA) is 186 Å². The van der Waals surface area contributed by atoms with Crippen LogP contribution in [0, 0.1) is 0 Å². The van der Waals surface area contributed by atoms with Crippen molar-refractivity contribution in [3.63, 3.8) is 0 Å². The van der Waals surface area contributed by atoms with Gasteiger partial charge < -0.3 is 38.5 Å². The van der Waals surface area contributed by atoms with Crippen LogP contribution < -0.4 is 0 Å². The minimum atomic E-state index is -0.581. The first-order valence-electron chi connectivity index (χ1n) is 15.8. The van der Waals surface area contributed by atoms with Crippen LogP contribution in [0.1, 0.15) is 48.5 Å². The minimum absolute atomic E-state index is 0.0291. The maximum Gasteiger partial charge on any atom is 0.328 e. The predicted octanol–water partition coefficient (Wildman–Crippen LogP) is 1.94. The summed E-state index contributed by atoms with van der Waals surface area (Å²) in [5.41, 5.74) is 0. The van der Waals surface area contributed by atoms with E-state index in [0.717, 1.165) is 18.2 Å². The number of hydrogen-bond acceptors (Lipinski definition) is 12. The molecule has 3 unspecified atom stereocenters. The van der Waals surface area contributed by atoms with Gasteiger partial charge in [-0.25, -0.2) is 14.4 Å². The molecular weight excluding hydrogens is 668 g/mol. The number of methoxy groups -OCH3 is 1. The molecule has 0 saturated heterocycles. The van der Waals surface area contributed by atoms with Crippen molar-refractivity contribution in [3.8, 4) is 0 Å². The molecule has 0 fully saturated rings. The second-order valence-corrected chi connectivity index (χ2v) is 10.5. The highest BCUT2D eigenvalue weighted by molar-refractivity contribution is 5.92. The zero-order valence-electron chi connectivity index (χ0n) is 32.3. The van der Waals surface area contributed by atoms with Crippen molar-refractivity contribution in [3.05, 3.63) is 50.6 Å². The van der Waals surface area contributed by atoms with E-state index in [4.69, 9.17) is 9.47 Å². The molecule has 0 aromatic carbocycles. The molecule has 0 aliphatic carbocycles. The van der Waals surface area contributed by atoms with Gasteiger partial charge in [0.05, 0.1) is 26.4 Å². The minimum Gasteiger partial charge on any atom is -0.467 e. The summed E-state index contributed by atoms with van der Waals surface area (Å²) < 4.78 is 18.8. The monoisotopic (exact) mass is 726 g/mol. The maximum absolute atomic E-state index is 11.4. The maximum atomic E-state index is 11.4. The van der Waals surface area contributed by atoms with E-state index in [9.17, 15) is 38.4 Å². The van der Waals surface area contributed by atoms with E-state index in [1.165, 1.54) is 61.0 Å². The Labute approximate surface area is 302 Å². The molecule has 0 N–H and O–H groups in total. The molecule has 3 atom stereocenters. The lowest BCUT2D eigenvalue weighted by molar-refractivity contribution is -0.155. The lowest BCUT2D eigenvalue weighted by Gasteiger charge is -2.22. The van der Waals surface area contributed by atoms with Crippen molar-refractivity contribution in [2.75, 3.05) is 55.1 Å². The van der Waals surface area contributed by atoms with Gasteiger partial charge in [0.25, 0.3) is 0 Å². The van der Waals surface area contributed by atoms with E-state index >= 15 is 0 Å². The van der Waals surface area contributed by atoms with Gasteiger partial charge in [-0.3, -0.25) is 24.0 Å². The average molecular weight is 727 g/mol. The third-order valence-electron chi connectivity index (χ3n) is 6.39. The van der Waals surface area contributed by atoms with Gasteiger partial charge in [0, 0.05) is 28.2 Å². The first-order chi connectivity index (χ1) is 23.6. The van der Waals surface area contributed by atoms with Crippen LogP contribution in [0.3, 0.4) is 0 Å². The molecule has 290 valence electrons. The molecule has 0 rings (SSSR count). The van der Waals surface area contributed by atoms with E-state index in [1.54, 1.807) is 48.5 Å². The third kappa shape index (κ3) is 23.7. The van der Waals surface area contributed by atoms with Crippen molar-refractivity contribution in [2.24, 2.45) is 0 Å². The van der Waals surface area contributed by atoms with Crippen LogP contribution in [0.25, 0.3) is 0 Å². The Balaban J connectivity index is -0.000000289. The van der Waals surface area contributed by atoms with Crippen LogP contribution in [-0.4, -0.2) is 146 Å². The van der Waals surface area contributed by atoms with E-state index in [2.05, 4.69) is 35.8 Å². The summed E-state index contributed by atoms with van der Waals surface area (Å²) in [7, 11) is 7.39. The fraction of sp³-hybridized carbons (Fsp3) is 0.543. The molecule has 0 aromatic heterocycles. The van der Waals surface area contributed by atoms with Gasteiger partial charge in [-0.05, 0) is 72.8 Å². The van der Waals surface area contributed by atoms with Crippen molar-refractivity contribution < 1.29 is 57.3 Å². The summed E-state index contributed by atoms with van der Waals surface area (Å²) in [6, 6.07) is -1.71. The molecule has 0 spiro atoms. The van der Waals surface area contributed by atoms with E-state index in [1.807, 2.05) is 0 Å². The molecule has 0 heterocycles. The summed E-state index contributed by atoms with van der Waals surface area (Å²) in [6.07, 6.45) is 4.46. The molecular formula is C35H58N4O12. The van der Waals surface area contributed by atoms with Gasteiger partial charge >= 0.3 is 23.9 Å². The standard InChI is InChI=1S/C10H17NO3.C9H15NO3.2C8H13NO3/c1-6-9(12)11(5)8(4)10(13)14-7(2)3;1-5-8(11)10(4)7(3)9(12)13-6-2;1-5-7(10)9(3)6(2)8(11)12-4;1-4-7(10)9(3)6-8(11)12-5-2/h6-8H,1H2,2-5H3;5,7H,1,6H2,2-4H3;5-6H,1H2,2-4H3;4H,1,5-6H2,2-3H3. The normalized spacial score (nSPS) is 11.1. The first-order valence-corrected chi connectivity index (χ1v) is 15.8. The summed E-state index contributed by atoms with van der Waals surface area (Å²) in [6.45, 7) is 25.7. The largest absolute Gasteiger partial charge is 0.467 e. The van der Waals surface area contributed by atoms with Crippen molar-refractivity contribution in [1.82, 2.24) is 19.6 Å². The molecule has 16 nitrogen and oxygen atoms in total.